The van der Waals surface area contributed by atoms with Gasteiger partial charge in [0.05, 0.1) is 0 Å². The molecule has 0 aliphatic heterocycles. The number of hydrogen-bond donors (Lipinski definition) is 2. The maximum Gasteiger partial charge on any atom is 0.191 e. The van der Waals surface area contributed by atoms with Gasteiger partial charge in [-0.15, -0.1) is 10.2 Å². The van der Waals surface area contributed by atoms with Crippen molar-refractivity contribution in [3.63, 3.8) is 0 Å². The van der Waals surface area contributed by atoms with Crippen LogP contribution in [0.3, 0.4) is 0 Å². The second-order valence-corrected chi connectivity index (χ2v) is 7.96. The van der Waals surface area contributed by atoms with E-state index in [4.69, 9.17) is 0 Å². The molecule has 1 heterocycles. The first-order chi connectivity index (χ1) is 12.1. The van der Waals surface area contributed by atoms with Crippen LogP contribution in [0.2, 0.25) is 0 Å². The van der Waals surface area contributed by atoms with Crippen LogP contribution in [-0.2, 0) is 13.0 Å². The van der Waals surface area contributed by atoms with Crippen LogP contribution in [-0.4, -0.2) is 46.6 Å². The average Bonchev–Trinajstić information content (AvgIpc) is 2.99. The van der Waals surface area contributed by atoms with E-state index >= 15 is 0 Å². The molecule has 1 aliphatic rings. The molecule has 7 heteroatoms. The number of aromatic nitrogens is 3. The number of rotatable bonds is 8. The minimum atomic E-state index is 0.582. The first-order valence-corrected chi connectivity index (χ1v) is 10.8. The van der Waals surface area contributed by atoms with Gasteiger partial charge in [-0.25, -0.2) is 0 Å². The molecule has 0 atom stereocenters. The molecule has 1 aromatic rings. The van der Waals surface area contributed by atoms with Crippen LogP contribution in [0.15, 0.2) is 10.1 Å². The smallest absolute Gasteiger partial charge is 0.191 e. The maximum absolute atomic E-state index is 4.39. The van der Waals surface area contributed by atoms with Gasteiger partial charge in [0.2, 0.25) is 0 Å². The summed E-state index contributed by atoms with van der Waals surface area (Å²) in [6.07, 6.45) is 10.6. The van der Waals surface area contributed by atoms with Crippen molar-refractivity contribution >= 4 is 17.7 Å². The van der Waals surface area contributed by atoms with Gasteiger partial charge >= 0.3 is 0 Å². The number of nitrogens with zero attached hydrogens (tertiary/aromatic N) is 4. The van der Waals surface area contributed by atoms with E-state index in [1.807, 2.05) is 7.05 Å². The summed E-state index contributed by atoms with van der Waals surface area (Å²) in [6, 6.07) is 0.582. The molecule has 0 bridgehead atoms. The van der Waals surface area contributed by atoms with Crippen molar-refractivity contribution in [2.75, 3.05) is 19.8 Å². The summed E-state index contributed by atoms with van der Waals surface area (Å²) in [5.74, 6) is 2.62. The van der Waals surface area contributed by atoms with Crippen molar-refractivity contribution in [1.82, 2.24) is 25.4 Å². The molecule has 1 fully saturated rings. The topological polar surface area (TPSA) is 67.1 Å². The van der Waals surface area contributed by atoms with Crippen molar-refractivity contribution in [2.24, 2.45) is 10.9 Å². The molecule has 6 nitrogen and oxygen atoms in total. The number of hydrogen-bond acceptors (Lipinski definition) is 4. The van der Waals surface area contributed by atoms with E-state index in [2.05, 4.69) is 50.5 Å². The number of aliphatic imine (C=N–C) groups is 1. The highest BCUT2D eigenvalue weighted by molar-refractivity contribution is 7.98. The van der Waals surface area contributed by atoms with Gasteiger partial charge in [-0.2, -0.15) is 0 Å². The third kappa shape index (κ3) is 6.53. The molecule has 0 saturated heterocycles. The fourth-order valence-corrected chi connectivity index (χ4v) is 3.81. The Morgan fingerprint density at radius 3 is 2.68 bits per heavy atom. The lowest BCUT2D eigenvalue weighted by Gasteiger charge is -2.24. The van der Waals surface area contributed by atoms with E-state index in [0.29, 0.717) is 12.0 Å². The summed E-state index contributed by atoms with van der Waals surface area (Å²) in [5, 5.41) is 16.7. The van der Waals surface area contributed by atoms with E-state index in [0.717, 1.165) is 42.9 Å². The molecule has 0 unspecified atom stereocenters. The average molecular weight is 367 g/mol. The van der Waals surface area contributed by atoms with Gasteiger partial charge in [0.15, 0.2) is 11.1 Å². The van der Waals surface area contributed by atoms with Crippen molar-refractivity contribution in [3.05, 3.63) is 5.82 Å². The zero-order valence-electron chi connectivity index (χ0n) is 16.2. The van der Waals surface area contributed by atoms with Gasteiger partial charge in [0, 0.05) is 32.6 Å². The minimum Gasteiger partial charge on any atom is -0.356 e. The Kier molecular flexibility index (Phi) is 8.58. The third-order valence-electron chi connectivity index (χ3n) is 4.56. The molecule has 142 valence electrons. The first-order valence-electron chi connectivity index (χ1n) is 9.57. The summed E-state index contributed by atoms with van der Waals surface area (Å²) >= 11 is 1.67. The molecule has 0 radical (unpaired) electrons. The van der Waals surface area contributed by atoms with Crippen molar-refractivity contribution in [1.29, 1.82) is 0 Å². The molecule has 1 aromatic heterocycles. The Balaban J connectivity index is 1.77. The second kappa shape index (κ2) is 10.7. The van der Waals surface area contributed by atoms with Gasteiger partial charge < -0.3 is 15.2 Å². The monoisotopic (exact) mass is 366 g/mol. The lowest BCUT2D eigenvalue weighted by molar-refractivity contribution is 0.410. The first kappa shape index (κ1) is 20.1. The van der Waals surface area contributed by atoms with Crippen LogP contribution in [0, 0.1) is 5.92 Å². The zero-order valence-corrected chi connectivity index (χ0v) is 17.0. The SMILES string of the molecule is CN=C(NCCCc1nnc(SC)n1CC(C)C)NC1CCCCC1. The summed E-state index contributed by atoms with van der Waals surface area (Å²) in [7, 11) is 1.85. The Bertz CT molecular complexity index is 534. The standard InChI is InChI=1S/C18H34N6S/c1-14(2)13-24-16(22-23-18(24)25-4)11-8-12-20-17(19-3)21-15-9-6-5-7-10-15/h14-15H,5-13H2,1-4H3,(H2,19,20,21). The summed E-state index contributed by atoms with van der Waals surface area (Å²) < 4.78 is 2.27. The molecular weight excluding hydrogens is 332 g/mol. The van der Waals surface area contributed by atoms with Gasteiger partial charge in [-0.3, -0.25) is 4.99 Å². The minimum absolute atomic E-state index is 0.582. The Morgan fingerprint density at radius 2 is 2.04 bits per heavy atom. The van der Waals surface area contributed by atoms with Crippen LogP contribution < -0.4 is 10.6 Å². The van der Waals surface area contributed by atoms with Crippen LogP contribution in [0.5, 0.6) is 0 Å². The number of thioether (sulfide) groups is 1. The number of nitrogens with one attached hydrogen (secondary N) is 2. The van der Waals surface area contributed by atoms with Gasteiger partial charge in [0.25, 0.3) is 0 Å². The molecule has 0 amide bonds. The number of aryl methyl sites for hydroxylation is 1. The normalized spacial score (nSPS) is 16.4. The van der Waals surface area contributed by atoms with E-state index in [-0.39, 0.29) is 0 Å². The van der Waals surface area contributed by atoms with E-state index < -0.39 is 0 Å². The Morgan fingerprint density at radius 1 is 1.28 bits per heavy atom. The van der Waals surface area contributed by atoms with E-state index in [1.54, 1.807) is 11.8 Å². The van der Waals surface area contributed by atoms with Crippen molar-refractivity contribution in [2.45, 2.75) is 76.5 Å². The van der Waals surface area contributed by atoms with Gasteiger partial charge in [-0.1, -0.05) is 44.9 Å². The van der Waals surface area contributed by atoms with Gasteiger partial charge in [0.1, 0.15) is 5.82 Å². The maximum atomic E-state index is 4.39. The van der Waals surface area contributed by atoms with Crippen LogP contribution in [0.4, 0.5) is 0 Å². The van der Waals surface area contributed by atoms with Crippen LogP contribution in [0.1, 0.15) is 58.2 Å². The summed E-state index contributed by atoms with van der Waals surface area (Å²) in [6.45, 7) is 6.35. The zero-order chi connectivity index (χ0) is 18.1. The molecule has 2 N–H and O–H groups in total. The molecule has 1 saturated carbocycles. The van der Waals surface area contributed by atoms with Crippen molar-refractivity contribution in [3.8, 4) is 0 Å². The van der Waals surface area contributed by atoms with E-state index in [1.165, 1.54) is 32.1 Å². The highest BCUT2D eigenvalue weighted by Gasteiger charge is 2.15. The lowest BCUT2D eigenvalue weighted by Crippen LogP contribution is -2.44. The second-order valence-electron chi connectivity index (χ2n) is 7.19. The highest BCUT2D eigenvalue weighted by Crippen LogP contribution is 2.18. The molecule has 0 aromatic carbocycles. The van der Waals surface area contributed by atoms with Crippen molar-refractivity contribution < 1.29 is 0 Å². The largest absolute Gasteiger partial charge is 0.356 e. The third-order valence-corrected chi connectivity index (χ3v) is 5.23. The summed E-state index contributed by atoms with van der Waals surface area (Å²) in [5.41, 5.74) is 0. The van der Waals surface area contributed by atoms with Gasteiger partial charge in [-0.05, 0) is 31.4 Å². The molecule has 2 rings (SSSR count). The van der Waals surface area contributed by atoms with Crippen LogP contribution >= 0.6 is 11.8 Å². The fraction of sp³-hybridized carbons (Fsp3) is 0.833. The predicted molar refractivity (Wildman–Crippen MR) is 106 cm³/mol. The summed E-state index contributed by atoms with van der Waals surface area (Å²) in [4.78, 5) is 4.36. The molecule has 25 heavy (non-hydrogen) atoms. The molecule has 0 spiro atoms. The predicted octanol–water partition coefficient (Wildman–Crippen LogP) is 3.09. The highest BCUT2D eigenvalue weighted by atomic mass is 32.2. The Labute approximate surface area is 156 Å². The van der Waals surface area contributed by atoms with E-state index in [9.17, 15) is 0 Å². The molecular formula is C18H34N6S. The fourth-order valence-electron chi connectivity index (χ4n) is 3.29. The molecule has 1 aliphatic carbocycles. The van der Waals surface area contributed by atoms with Crippen LogP contribution in [0.25, 0.3) is 0 Å². The lowest BCUT2D eigenvalue weighted by atomic mass is 9.96. The Hall–Kier alpha value is -1.24. The quantitative estimate of drug-likeness (QED) is 0.320. The number of guanidine groups is 1.